The van der Waals surface area contributed by atoms with Crippen molar-refractivity contribution in [2.24, 2.45) is 5.14 Å². The Morgan fingerprint density at radius 3 is 2.50 bits per heavy atom. The molecule has 0 amide bonds. The van der Waals surface area contributed by atoms with Crippen molar-refractivity contribution in [1.29, 1.82) is 0 Å². The second-order valence-corrected chi connectivity index (χ2v) is 5.08. The number of sulfonamides is 1. The van der Waals surface area contributed by atoms with Crippen molar-refractivity contribution in [2.45, 2.75) is 31.6 Å². The molecule has 1 aromatic rings. The number of hydrogen-bond acceptors (Lipinski definition) is 3. The van der Waals surface area contributed by atoms with Crippen LogP contribution in [0.5, 0.6) is 5.75 Å². The highest BCUT2D eigenvalue weighted by molar-refractivity contribution is 7.89. The van der Waals surface area contributed by atoms with Crippen LogP contribution in [0.1, 0.15) is 25.8 Å². The molecule has 1 aromatic carbocycles. The number of aryl methyl sites for hydroxylation is 1. The maximum atomic E-state index is 11.2. The lowest BCUT2D eigenvalue weighted by Crippen LogP contribution is -2.12. The molecule has 90 valence electrons. The van der Waals surface area contributed by atoms with E-state index in [-0.39, 0.29) is 4.90 Å². The zero-order chi connectivity index (χ0) is 12.2. The highest BCUT2D eigenvalue weighted by atomic mass is 32.2. The van der Waals surface area contributed by atoms with Gasteiger partial charge in [0.15, 0.2) is 0 Å². The van der Waals surface area contributed by atoms with E-state index in [0.29, 0.717) is 13.0 Å². The molecule has 0 heterocycles. The van der Waals surface area contributed by atoms with Gasteiger partial charge in [0, 0.05) is 0 Å². The van der Waals surface area contributed by atoms with Crippen LogP contribution in [0, 0.1) is 0 Å². The van der Waals surface area contributed by atoms with Crippen LogP contribution >= 0.6 is 0 Å². The Hall–Kier alpha value is -1.07. The molecular weight excluding hydrogens is 226 g/mol. The number of rotatable bonds is 5. The quantitative estimate of drug-likeness (QED) is 0.855. The summed E-state index contributed by atoms with van der Waals surface area (Å²) in [6.07, 6.45) is 1.63. The second kappa shape index (κ2) is 5.32. The molecule has 0 radical (unpaired) electrons. The Labute approximate surface area is 96.5 Å². The average Bonchev–Trinajstić information content (AvgIpc) is 2.24. The molecular formula is C11H17NO3S. The summed E-state index contributed by atoms with van der Waals surface area (Å²) in [4.78, 5) is 0.133. The molecule has 5 heteroatoms. The minimum atomic E-state index is -3.63. The maximum absolute atomic E-state index is 11.2. The van der Waals surface area contributed by atoms with E-state index in [0.717, 1.165) is 17.7 Å². The number of benzene rings is 1. The first kappa shape index (κ1) is 13.0. The van der Waals surface area contributed by atoms with Crippen molar-refractivity contribution in [3.8, 4) is 5.75 Å². The molecule has 0 bridgehead atoms. The number of nitrogens with two attached hydrogens (primary N) is 1. The molecule has 0 aromatic heterocycles. The van der Waals surface area contributed by atoms with Crippen molar-refractivity contribution < 1.29 is 13.2 Å². The third-order valence-electron chi connectivity index (χ3n) is 2.20. The Morgan fingerprint density at radius 2 is 2.00 bits per heavy atom. The van der Waals surface area contributed by atoms with Gasteiger partial charge < -0.3 is 4.74 Å². The van der Waals surface area contributed by atoms with E-state index in [1.165, 1.54) is 6.07 Å². The molecule has 4 nitrogen and oxygen atoms in total. The van der Waals surface area contributed by atoms with Gasteiger partial charge in [-0.1, -0.05) is 13.8 Å². The molecule has 0 saturated carbocycles. The summed E-state index contributed by atoms with van der Waals surface area (Å²) in [5.74, 6) is 0.733. The van der Waals surface area contributed by atoms with Crippen LogP contribution in [0.4, 0.5) is 0 Å². The predicted molar refractivity (Wildman–Crippen MR) is 63.0 cm³/mol. The lowest BCUT2D eigenvalue weighted by Gasteiger charge is -2.10. The highest BCUT2D eigenvalue weighted by Crippen LogP contribution is 2.22. The number of ether oxygens (including phenoxy) is 1. The van der Waals surface area contributed by atoms with Gasteiger partial charge in [0.25, 0.3) is 0 Å². The molecule has 2 N–H and O–H groups in total. The Bertz CT molecular complexity index is 454. The van der Waals surface area contributed by atoms with Gasteiger partial charge in [0.05, 0.1) is 11.5 Å². The molecule has 0 saturated heterocycles. The van der Waals surface area contributed by atoms with Gasteiger partial charge in [-0.25, -0.2) is 13.6 Å². The zero-order valence-corrected chi connectivity index (χ0v) is 10.4. The van der Waals surface area contributed by atoms with Gasteiger partial charge in [-0.3, -0.25) is 0 Å². The standard InChI is InChI=1S/C11H17NO3S/c1-3-7-15-11-6-5-10(16(12,13)14)8-9(11)4-2/h5-6,8H,3-4,7H2,1-2H3,(H2,12,13,14). The fourth-order valence-corrected chi connectivity index (χ4v) is 1.93. The zero-order valence-electron chi connectivity index (χ0n) is 9.56. The summed E-state index contributed by atoms with van der Waals surface area (Å²) in [5.41, 5.74) is 0.861. The first-order valence-electron chi connectivity index (χ1n) is 5.27. The van der Waals surface area contributed by atoms with Crippen LogP contribution in [0.15, 0.2) is 23.1 Å². The van der Waals surface area contributed by atoms with E-state index in [4.69, 9.17) is 9.88 Å². The smallest absolute Gasteiger partial charge is 0.238 e. The van der Waals surface area contributed by atoms with Crippen molar-refractivity contribution in [3.05, 3.63) is 23.8 Å². The summed E-state index contributed by atoms with van der Waals surface area (Å²) in [6, 6.07) is 4.70. The van der Waals surface area contributed by atoms with E-state index in [2.05, 4.69) is 0 Å². The normalized spacial score (nSPS) is 11.4. The number of primary sulfonamides is 1. The van der Waals surface area contributed by atoms with Gasteiger partial charge in [-0.2, -0.15) is 0 Å². The summed E-state index contributed by atoms with van der Waals surface area (Å²) in [7, 11) is -3.63. The van der Waals surface area contributed by atoms with Crippen LogP contribution in [-0.4, -0.2) is 15.0 Å². The summed E-state index contributed by atoms with van der Waals surface area (Å²) in [5, 5.41) is 5.06. The van der Waals surface area contributed by atoms with Crippen molar-refractivity contribution >= 4 is 10.0 Å². The highest BCUT2D eigenvalue weighted by Gasteiger charge is 2.11. The summed E-state index contributed by atoms with van der Waals surface area (Å²) < 4.78 is 27.8. The third-order valence-corrected chi connectivity index (χ3v) is 3.11. The summed E-state index contributed by atoms with van der Waals surface area (Å²) >= 11 is 0. The Balaban J connectivity index is 3.07. The van der Waals surface area contributed by atoms with Gasteiger partial charge in [-0.15, -0.1) is 0 Å². The SMILES string of the molecule is CCCOc1ccc(S(N)(=O)=O)cc1CC. The van der Waals surface area contributed by atoms with Crippen LogP contribution in [0.2, 0.25) is 0 Å². The van der Waals surface area contributed by atoms with Gasteiger partial charge in [0.1, 0.15) is 5.75 Å². The Kier molecular flexibility index (Phi) is 4.32. The lowest BCUT2D eigenvalue weighted by molar-refractivity contribution is 0.314. The molecule has 1 rings (SSSR count). The minimum Gasteiger partial charge on any atom is -0.493 e. The minimum absolute atomic E-state index is 0.133. The molecule has 0 aliphatic rings. The molecule has 0 atom stereocenters. The van der Waals surface area contributed by atoms with Gasteiger partial charge >= 0.3 is 0 Å². The average molecular weight is 243 g/mol. The molecule has 16 heavy (non-hydrogen) atoms. The first-order valence-corrected chi connectivity index (χ1v) is 6.82. The van der Waals surface area contributed by atoms with Gasteiger partial charge in [0.2, 0.25) is 10.0 Å². The monoisotopic (exact) mass is 243 g/mol. The van der Waals surface area contributed by atoms with E-state index in [9.17, 15) is 8.42 Å². The summed E-state index contributed by atoms with van der Waals surface area (Å²) in [6.45, 7) is 4.59. The van der Waals surface area contributed by atoms with Crippen molar-refractivity contribution in [3.63, 3.8) is 0 Å². The van der Waals surface area contributed by atoms with Crippen LogP contribution in [0.25, 0.3) is 0 Å². The van der Waals surface area contributed by atoms with E-state index >= 15 is 0 Å². The van der Waals surface area contributed by atoms with Crippen LogP contribution < -0.4 is 9.88 Å². The molecule has 0 aliphatic heterocycles. The number of hydrogen-bond donors (Lipinski definition) is 1. The second-order valence-electron chi connectivity index (χ2n) is 3.52. The fourth-order valence-electron chi connectivity index (χ4n) is 1.36. The molecule has 0 fully saturated rings. The van der Waals surface area contributed by atoms with Gasteiger partial charge in [-0.05, 0) is 36.6 Å². The van der Waals surface area contributed by atoms with E-state index in [1.807, 2.05) is 13.8 Å². The largest absolute Gasteiger partial charge is 0.493 e. The topological polar surface area (TPSA) is 69.4 Å². The van der Waals surface area contributed by atoms with E-state index < -0.39 is 10.0 Å². The maximum Gasteiger partial charge on any atom is 0.238 e. The molecule has 0 unspecified atom stereocenters. The van der Waals surface area contributed by atoms with Crippen LogP contribution in [-0.2, 0) is 16.4 Å². The van der Waals surface area contributed by atoms with Crippen molar-refractivity contribution in [2.75, 3.05) is 6.61 Å². The molecule has 0 aliphatic carbocycles. The fraction of sp³-hybridized carbons (Fsp3) is 0.455. The Morgan fingerprint density at radius 1 is 1.31 bits per heavy atom. The predicted octanol–water partition coefficient (Wildman–Crippen LogP) is 1.69. The third kappa shape index (κ3) is 3.21. The van der Waals surface area contributed by atoms with Crippen molar-refractivity contribution in [1.82, 2.24) is 0 Å². The first-order chi connectivity index (χ1) is 7.49. The molecule has 0 spiro atoms. The van der Waals surface area contributed by atoms with Crippen LogP contribution in [0.3, 0.4) is 0 Å². The van der Waals surface area contributed by atoms with E-state index in [1.54, 1.807) is 12.1 Å². The lowest BCUT2D eigenvalue weighted by atomic mass is 10.1.